The van der Waals surface area contributed by atoms with Crippen molar-refractivity contribution in [3.63, 3.8) is 0 Å². The minimum absolute atomic E-state index is 0.345. The topological polar surface area (TPSA) is 61.7 Å². The van der Waals surface area contributed by atoms with E-state index >= 15 is 0 Å². The number of nitrogens with zero attached hydrogens (tertiary/aromatic N) is 3. The minimum Gasteiger partial charge on any atom is -0.466 e. The Morgan fingerprint density at radius 1 is 1.38 bits per heavy atom. The van der Waals surface area contributed by atoms with E-state index in [-0.39, 0.29) is 5.97 Å². The van der Waals surface area contributed by atoms with Crippen molar-refractivity contribution in [3.05, 3.63) is 35.7 Å². The molecule has 3 rings (SSSR count). The highest BCUT2D eigenvalue weighted by atomic mass is 16.5. The summed E-state index contributed by atoms with van der Waals surface area (Å²) in [7, 11) is 1.80. The molecule has 21 heavy (non-hydrogen) atoms. The Bertz CT molecular complexity index is 823. The zero-order chi connectivity index (χ0) is 15.1. The van der Waals surface area contributed by atoms with E-state index in [0.29, 0.717) is 18.1 Å². The molecule has 0 saturated carbocycles. The zero-order valence-corrected chi connectivity index (χ0v) is 12.5. The smallest absolute Gasteiger partial charge is 0.356 e. The number of aryl methyl sites for hydroxylation is 3. The SMILES string of the molecule is CCOC(=O)c1cn2cc(-c3cc(C)oc3C)nc2n1C. The molecule has 0 spiro atoms. The van der Waals surface area contributed by atoms with Crippen LogP contribution in [-0.4, -0.2) is 26.5 Å². The number of fused-ring (bicyclic) bond motifs is 1. The Morgan fingerprint density at radius 3 is 2.71 bits per heavy atom. The molecule has 110 valence electrons. The Balaban J connectivity index is 2.07. The molecule has 0 bridgehead atoms. The standard InChI is InChI=1S/C15H17N3O3/c1-5-20-14(19)13-8-18-7-12(16-15(18)17(13)4)11-6-9(2)21-10(11)3/h6-8H,5H2,1-4H3. The summed E-state index contributed by atoms with van der Waals surface area (Å²) < 4.78 is 14.1. The summed E-state index contributed by atoms with van der Waals surface area (Å²) in [5.74, 6) is 2.03. The van der Waals surface area contributed by atoms with E-state index in [2.05, 4.69) is 4.98 Å². The molecule has 3 heterocycles. The molecular formula is C15H17N3O3. The minimum atomic E-state index is -0.345. The quantitative estimate of drug-likeness (QED) is 0.695. The van der Waals surface area contributed by atoms with E-state index in [4.69, 9.17) is 9.15 Å². The normalized spacial score (nSPS) is 11.2. The van der Waals surface area contributed by atoms with Crippen LogP contribution in [-0.2, 0) is 11.8 Å². The van der Waals surface area contributed by atoms with Gasteiger partial charge in [0, 0.05) is 25.0 Å². The highest BCUT2D eigenvalue weighted by Crippen LogP contribution is 2.26. The van der Waals surface area contributed by atoms with Gasteiger partial charge in [-0.3, -0.25) is 4.40 Å². The molecule has 0 fully saturated rings. The summed E-state index contributed by atoms with van der Waals surface area (Å²) in [6.07, 6.45) is 3.61. The maximum absolute atomic E-state index is 11.8. The zero-order valence-electron chi connectivity index (χ0n) is 12.5. The number of carbonyl (C=O) groups is 1. The molecule has 0 aliphatic carbocycles. The van der Waals surface area contributed by atoms with Gasteiger partial charge in [0.25, 0.3) is 0 Å². The van der Waals surface area contributed by atoms with Crippen molar-refractivity contribution < 1.29 is 13.9 Å². The van der Waals surface area contributed by atoms with Gasteiger partial charge < -0.3 is 13.7 Å². The van der Waals surface area contributed by atoms with Crippen LogP contribution in [0.2, 0.25) is 0 Å². The summed E-state index contributed by atoms with van der Waals surface area (Å²) in [5, 5.41) is 0. The van der Waals surface area contributed by atoms with Crippen LogP contribution in [0.15, 0.2) is 22.9 Å². The molecule has 0 saturated heterocycles. The number of hydrogen-bond acceptors (Lipinski definition) is 4. The monoisotopic (exact) mass is 287 g/mol. The van der Waals surface area contributed by atoms with Crippen LogP contribution in [0.4, 0.5) is 0 Å². The average Bonchev–Trinajstić information content (AvgIpc) is 3.05. The second-order valence-electron chi connectivity index (χ2n) is 4.95. The Hall–Kier alpha value is -2.50. The Morgan fingerprint density at radius 2 is 2.14 bits per heavy atom. The van der Waals surface area contributed by atoms with Gasteiger partial charge in [0.1, 0.15) is 17.2 Å². The van der Waals surface area contributed by atoms with Crippen LogP contribution in [0.3, 0.4) is 0 Å². The molecule has 0 aromatic carbocycles. The predicted octanol–water partition coefficient (Wildman–Crippen LogP) is 2.73. The lowest BCUT2D eigenvalue weighted by molar-refractivity contribution is 0.0515. The molecule has 3 aromatic rings. The Kier molecular flexibility index (Phi) is 3.08. The summed E-state index contributed by atoms with van der Waals surface area (Å²) in [6, 6.07) is 1.96. The summed E-state index contributed by atoms with van der Waals surface area (Å²) >= 11 is 0. The van der Waals surface area contributed by atoms with E-state index in [1.807, 2.05) is 30.5 Å². The Labute approximate surface area is 122 Å². The number of esters is 1. The van der Waals surface area contributed by atoms with Crippen LogP contribution in [0.25, 0.3) is 17.0 Å². The molecule has 6 nitrogen and oxygen atoms in total. The first-order valence-electron chi connectivity index (χ1n) is 6.80. The van der Waals surface area contributed by atoms with Crippen molar-refractivity contribution >= 4 is 11.7 Å². The van der Waals surface area contributed by atoms with Crippen LogP contribution >= 0.6 is 0 Å². The summed E-state index contributed by atoms with van der Waals surface area (Å²) in [4.78, 5) is 16.4. The van der Waals surface area contributed by atoms with Crippen LogP contribution < -0.4 is 0 Å². The predicted molar refractivity (Wildman–Crippen MR) is 77.3 cm³/mol. The number of aromatic nitrogens is 3. The highest BCUT2D eigenvalue weighted by molar-refractivity contribution is 5.88. The molecule has 0 amide bonds. The van der Waals surface area contributed by atoms with E-state index in [0.717, 1.165) is 22.8 Å². The van der Waals surface area contributed by atoms with Crippen molar-refractivity contribution in [2.75, 3.05) is 6.61 Å². The van der Waals surface area contributed by atoms with Gasteiger partial charge in [0.05, 0.1) is 12.3 Å². The fourth-order valence-corrected chi connectivity index (χ4v) is 2.46. The van der Waals surface area contributed by atoms with Crippen molar-refractivity contribution in [1.29, 1.82) is 0 Å². The molecule has 3 aromatic heterocycles. The fraction of sp³-hybridized carbons (Fsp3) is 0.333. The first kappa shape index (κ1) is 13.5. The average molecular weight is 287 g/mol. The maximum Gasteiger partial charge on any atom is 0.356 e. The number of hydrogen-bond donors (Lipinski definition) is 0. The van der Waals surface area contributed by atoms with E-state index in [1.54, 1.807) is 24.7 Å². The molecule has 6 heteroatoms. The highest BCUT2D eigenvalue weighted by Gasteiger charge is 2.18. The third kappa shape index (κ3) is 2.12. The number of furan rings is 1. The fourth-order valence-electron chi connectivity index (χ4n) is 2.46. The maximum atomic E-state index is 11.8. The molecular weight excluding hydrogens is 270 g/mol. The number of carbonyl (C=O) groups excluding carboxylic acids is 1. The van der Waals surface area contributed by atoms with Gasteiger partial charge in [-0.25, -0.2) is 9.78 Å². The first-order chi connectivity index (χ1) is 10.0. The van der Waals surface area contributed by atoms with Gasteiger partial charge in [0.2, 0.25) is 5.78 Å². The van der Waals surface area contributed by atoms with Gasteiger partial charge in [0.15, 0.2) is 0 Å². The molecule has 0 aliphatic heterocycles. The van der Waals surface area contributed by atoms with Crippen molar-refractivity contribution in [2.24, 2.45) is 7.05 Å². The van der Waals surface area contributed by atoms with Crippen molar-refractivity contribution in [2.45, 2.75) is 20.8 Å². The lowest BCUT2D eigenvalue weighted by atomic mass is 10.2. The van der Waals surface area contributed by atoms with E-state index < -0.39 is 0 Å². The largest absolute Gasteiger partial charge is 0.466 e. The second kappa shape index (κ2) is 4.80. The number of imidazole rings is 2. The van der Waals surface area contributed by atoms with Gasteiger partial charge >= 0.3 is 5.97 Å². The molecule has 0 radical (unpaired) electrons. The number of rotatable bonds is 3. The van der Waals surface area contributed by atoms with Crippen molar-refractivity contribution in [3.8, 4) is 11.3 Å². The third-order valence-electron chi connectivity index (χ3n) is 3.44. The van der Waals surface area contributed by atoms with Gasteiger partial charge in [-0.15, -0.1) is 0 Å². The number of ether oxygens (including phenoxy) is 1. The molecule has 0 unspecified atom stereocenters. The van der Waals surface area contributed by atoms with Crippen LogP contribution in [0, 0.1) is 13.8 Å². The second-order valence-corrected chi connectivity index (χ2v) is 4.95. The summed E-state index contributed by atoms with van der Waals surface area (Å²) in [5.41, 5.74) is 2.27. The van der Waals surface area contributed by atoms with E-state index in [1.165, 1.54) is 0 Å². The third-order valence-corrected chi connectivity index (χ3v) is 3.44. The molecule has 0 atom stereocenters. The lowest BCUT2D eigenvalue weighted by Gasteiger charge is -2.01. The summed E-state index contributed by atoms with van der Waals surface area (Å²) in [6.45, 7) is 5.96. The van der Waals surface area contributed by atoms with Crippen molar-refractivity contribution in [1.82, 2.24) is 14.0 Å². The molecule has 0 N–H and O–H groups in total. The van der Waals surface area contributed by atoms with Gasteiger partial charge in [-0.2, -0.15) is 0 Å². The van der Waals surface area contributed by atoms with Crippen LogP contribution in [0.1, 0.15) is 28.9 Å². The van der Waals surface area contributed by atoms with E-state index in [9.17, 15) is 4.79 Å². The van der Waals surface area contributed by atoms with Gasteiger partial charge in [-0.05, 0) is 26.8 Å². The van der Waals surface area contributed by atoms with Gasteiger partial charge in [-0.1, -0.05) is 0 Å². The van der Waals surface area contributed by atoms with Crippen LogP contribution in [0.5, 0.6) is 0 Å². The molecule has 0 aliphatic rings. The lowest BCUT2D eigenvalue weighted by Crippen LogP contribution is -2.09. The first-order valence-corrected chi connectivity index (χ1v) is 6.80.